The number of nitrogens with zero attached hydrogens (tertiary/aromatic N) is 1. The van der Waals surface area contributed by atoms with E-state index in [-0.39, 0.29) is 11.7 Å². The fraction of sp³-hybridized carbons (Fsp3) is 0.308. The second kappa shape index (κ2) is 3.67. The molecule has 0 radical (unpaired) electrons. The molecule has 1 aliphatic heterocycles. The summed E-state index contributed by atoms with van der Waals surface area (Å²) in [6.07, 6.45) is 1.77. The summed E-state index contributed by atoms with van der Waals surface area (Å²) in [6.45, 7) is 3.89. The van der Waals surface area contributed by atoms with Crippen LogP contribution in [0.3, 0.4) is 0 Å². The maximum Gasteiger partial charge on any atom is 0.254 e. The fourth-order valence-electron chi connectivity index (χ4n) is 2.13. The molecule has 0 spiro atoms. The molecule has 1 aromatic rings. The van der Waals surface area contributed by atoms with Gasteiger partial charge in [-0.15, -0.1) is 0 Å². The van der Waals surface area contributed by atoms with Gasteiger partial charge in [0.1, 0.15) is 5.76 Å². The number of aliphatic hydroxyl groups excluding tert-OH is 1. The van der Waals surface area contributed by atoms with Crippen LogP contribution >= 0.6 is 0 Å². The third-order valence-electron chi connectivity index (χ3n) is 2.74. The molecular formula is C13H15NO2. The molecule has 0 saturated carbocycles. The number of anilines is 1. The maximum absolute atomic E-state index is 11.9. The van der Waals surface area contributed by atoms with Crippen LogP contribution in [0.2, 0.25) is 0 Å². The summed E-state index contributed by atoms with van der Waals surface area (Å²) in [6, 6.07) is 9.51. The normalized spacial score (nSPS) is 19.5. The van der Waals surface area contributed by atoms with E-state index in [9.17, 15) is 9.90 Å². The van der Waals surface area contributed by atoms with Crippen molar-refractivity contribution in [1.29, 1.82) is 0 Å². The zero-order valence-corrected chi connectivity index (χ0v) is 9.47. The highest BCUT2D eigenvalue weighted by atomic mass is 16.3. The van der Waals surface area contributed by atoms with Crippen molar-refractivity contribution >= 4 is 11.6 Å². The number of rotatable bonds is 1. The summed E-state index contributed by atoms with van der Waals surface area (Å²) >= 11 is 0. The monoisotopic (exact) mass is 217 g/mol. The molecule has 84 valence electrons. The van der Waals surface area contributed by atoms with Crippen LogP contribution in [0.25, 0.3) is 0 Å². The highest BCUT2D eigenvalue weighted by Crippen LogP contribution is 2.32. The van der Waals surface area contributed by atoms with Gasteiger partial charge in [0.15, 0.2) is 0 Å². The van der Waals surface area contributed by atoms with Crippen molar-refractivity contribution in [2.45, 2.75) is 25.8 Å². The Balaban J connectivity index is 2.44. The summed E-state index contributed by atoms with van der Waals surface area (Å²) < 4.78 is 0. The van der Waals surface area contributed by atoms with Gasteiger partial charge in [-0.2, -0.15) is 0 Å². The van der Waals surface area contributed by atoms with Crippen molar-refractivity contribution < 1.29 is 9.90 Å². The number of hydrogen-bond acceptors (Lipinski definition) is 2. The fourth-order valence-corrected chi connectivity index (χ4v) is 2.13. The minimum absolute atomic E-state index is 0.155. The predicted octanol–water partition coefficient (Wildman–Crippen LogP) is 2.64. The Kier molecular flexibility index (Phi) is 2.46. The third kappa shape index (κ3) is 1.81. The van der Waals surface area contributed by atoms with E-state index in [0.717, 1.165) is 5.69 Å². The van der Waals surface area contributed by atoms with E-state index in [4.69, 9.17) is 0 Å². The third-order valence-corrected chi connectivity index (χ3v) is 2.74. The SMILES string of the molecule is CC1(C)CC(O)=CC(=O)N1c1ccccc1. The summed E-state index contributed by atoms with van der Waals surface area (Å²) in [4.78, 5) is 13.6. The van der Waals surface area contributed by atoms with Crippen molar-refractivity contribution in [3.8, 4) is 0 Å². The second-order valence-corrected chi connectivity index (χ2v) is 4.63. The lowest BCUT2D eigenvalue weighted by molar-refractivity contribution is -0.115. The number of para-hydroxylation sites is 1. The Bertz CT molecular complexity index is 435. The van der Waals surface area contributed by atoms with Gasteiger partial charge in [0.25, 0.3) is 5.91 Å². The Hall–Kier alpha value is -1.77. The number of benzene rings is 1. The van der Waals surface area contributed by atoms with Gasteiger partial charge in [0.2, 0.25) is 0 Å². The molecule has 16 heavy (non-hydrogen) atoms. The minimum Gasteiger partial charge on any atom is -0.512 e. The maximum atomic E-state index is 11.9. The average molecular weight is 217 g/mol. The van der Waals surface area contributed by atoms with Crippen molar-refractivity contribution in [3.63, 3.8) is 0 Å². The molecule has 0 atom stereocenters. The molecule has 0 bridgehead atoms. The van der Waals surface area contributed by atoms with Gasteiger partial charge in [-0.05, 0) is 26.0 Å². The molecule has 1 aliphatic rings. The van der Waals surface area contributed by atoms with E-state index in [1.165, 1.54) is 6.08 Å². The minimum atomic E-state index is -0.392. The van der Waals surface area contributed by atoms with Crippen LogP contribution in [0, 0.1) is 0 Å². The zero-order chi connectivity index (χ0) is 11.8. The largest absolute Gasteiger partial charge is 0.512 e. The number of carbonyl (C=O) groups is 1. The Morgan fingerprint density at radius 2 is 1.88 bits per heavy atom. The molecule has 1 heterocycles. The van der Waals surface area contributed by atoms with E-state index in [1.54, 1.807) is 4.90 Å². The molecule has 0 unspecified atom stereocenters. The molecule has 1 N–H and O–H groups in total. The van der Waals surface area contributed by atoms with Crippen molar-refractivity contribution in [2.75, 3.05) is 4.90 Å². The smallest absolute Gasteiger partial charge is 0.254 e. The van der Waals surface area contributed by atoms with Gasteiger partial charge in [-0.1, -0.05) is 18.2 Å². The van der Waals surface area contributed by atoms with E-state index < -0.39 is 5.54 Å². The quantitative estimate of drug-likeness (QED) is 0.785. The van der Waals surface area contributed by atoms with Gasteiger partial charge in [0.05, 0.1) is 0 Å². The second-order valence-electron chi connectivity index (χ2n) is 4.63. The summed E-state index contributed by atoms with van der Waals surface area (Å²) in [5.74, 6) is -0.0119. The first-order chi connectivity index (χ1) is 7.50. The molecule has 1 aromatic carbocycles. The first-order valence-corrected chi connectivity index (χ1v) is 5.29. The van der Waals surface area contributed by atoms with Gasteiger partial charge in [0, 0.05) is 23.7 Å². The van der Waals surface area contributed by atoms with Crippen LogP contribution in [0.1, 0.15) is 20.3 Å². The molecule has 3 nitrogen and oxygen atoms in total. The summed E-state index contributed by atoms with van der Waals surface area (Å²) in [5.41, 5.74) is 0.471. The average Bonchev–Trinajstić information content (AvgIpc) is 2.15. The number of amides is 1. The molecule has 2 rings (SSSR count). The summed E-state index contributed by atoms with van der Waals surface area (Å²) in [7, 11) is 0. The lowest BCUT2D eigenvalue weighted by atomic mass is 9.92. The molecule has 1 amide bonds. The van der Waals surface area contributed by atoms with Crippen LogP contribution in [-0.2, 0) is 4.79 Å². The van der Waals surface area contributed by atoms with Gasteiger partial charge in [-0.3, -0.25) is 4.79 Å². The van der Waals surface area contributed by atoms with Gasteiger partial charge < -0.3 is 10.0 Å². The van der Waals surface area contributed by atoms with Gasteiger partial charge in [-0.25, -0.2) is 0 Å². The molecule has 0 fully saturated rings. The van der Waals surface area contributed by atoms with Crippen LogP contribution < -0.4 is 4.90 Å². The van der Waals surface area contributed by atoms with Crippen LogP contribution in [-0.4, -0.2) is 16.6 Å². The molecule has 0 saturated heterocycles. The van der Waals surface area contributed by atoms with Crippen molar-refractivity contribution in [1.82, 2.24) is 0 Å². The van der Waals surface area contributed by atoms with Crippen LogP contribution in [0.5, 0.6) is 0 Å². The van der Waals surface area contributed by atoms with Gasteiger partial charge >= 0.3 is 0 Å². The first kappa shape index (κ1) is 10.7. The standard InChI is InChI=1S/C13H15NO2/c1-13(2)9-11(15)8-12(16)14(13)10-6-4-3-5-7-10/h3-8,15H,9H2,1-2H3. The van der Waals surface area contributed by atoms with E-state index in [2.05, 4.69) is 0 Å². The Labute approximate surface area is 95.0 Å². The van der Waals surface area contributed by atoms with E-state index in [0.29, 0.717) is 6.42 Å². The zero-order valence-electron chi connectivity index (χ0n) is 9.47. The topological polar surface area (TPSA) is 40.5 Å². The number of hydrogen-bond donors (Lipinski definition) is 1. The number of aliphatic hydroxyl groups is 1. The lowest BCUT2D eigenvalue weighted by Gasteiger charge is -2.40. The molecule has 0 aromatic heterocycles. The highest BCUT2D eigenvalue weighted by molar-refractivity contribution is 6.03. The Morgan fingerprint density at radius 1 is 1.25 bits per heavy atom. The lowest BCUT2D eigenvalue weighted by Crippen LogP contribution is -2.50. The van der Waals surface area contributed by atoms with Crippen molar-refractivity contribution in [3.05, 3.63) is 42.2 Å². The predicted molar refractivity (Wildman–Crippen MR) is 63.3 cm³/mol. The Morgan fingerprint density at radius 3 is 2.44 bits per heavy atom. The molecule has 0 aliphatic carbocycles. The highest BCUT2D eigenvalue weighted by Gasteiger charge is 2.36. The first-order valence-electron chi connectivity index (χ1n) is 5.29. The number of carbonyl (C=O) groups excluding carboxylic acids is 1. The summed E-state index contributed by atoms with van der Waals surface area (Å²) in [5, 5.41) is 9.49. The van der Waals surface area contributed by atoms with Crippen LogP contribution in [0.15, 0.2) is 42.2 Å². The van der Waals surface area contributed by atoms with Crippen molar-refractivity contribution in [2.24, 2.45) is 0 Å². The van der Waals surface area contributed by atoms with E-state index in [1.807, 2.05) is 44.2 Å². The van der Waals surface area contributed by atoms with E-state index >= 15 is 0 Å². The molecule has 3 heteroatoms. The van der Waals surface area contributed by atoms with Crippen LogP contribution in [0.4, 0.5) is 5.69 Å². The molecular weight excluding hydrogens is 202 g/mol.